The van der Waals surface area contributed by atoms with E-state index in [-0.39, 0.29) is 35.0 Å². The fourth-order valence-corrected chi connectivity index (χ4v) is 5.05. The molecule has 0 radical (unpaired) electrons. The second kappa shape index (κ2) is 11.8. The number of aryl methyl sites for hydroxylation is 3. The Labute approximate surface area is 225 Å². The molecule has 0 aliphatic rings. The van der Waals surface area contributed by atoms with Crippen molar-refractivity contribution >= 4 is 29.7 Å². The van der Waals surface area contributed by atoms with Crippen molar-refractivity contribution in [2.45, 2.75) is 66.2 Å². The molecule has 0 spiro atoms. The van der Waals surface area contributed by atoms with E-state index in [2.05, 4.69) is 10.3 Å². The van der Waals surface area contributed by atoms with Gasteiger partial charge in [0.05, 0.1) is 17.8 Å². The molecule has 37 heavy (non-hydrogen) atoms. The van der Waals surface area contributed by atoms with E-state index in [0.717, 1.165) is 28.3 Å². The number of halogens is 4. The molecule has 0 fully saturated rings. The van der Waals surface area contributed by atoms with E-state index < -0.39 is 17.8 Å². The van der Waals surface area contributed by atoms with Gasteiger partial charge in [-0.15, -0.1) is 0 Å². The van der Waals surface area contributed by atoms with Crippen molar-refractivity contribution in [2.24, 2.45) is 5.92 Å². The highest BCUT2D eigenvalue weighted by atomic mass is 35.5. The molecule has 3 aromatic rings. The quantitative estimate of drug-likeness (QED) is 0.228. The van der Waals surface area contributed by atoms with Crippen LogP contribution in [0, 0.1) is 24.4 Å². The third kappa shape index (κ3) is 6.99. The Morgan fingerprint density at radius 2 is 1.81 bits per heavy atom. The fraction of sp³-hybridized carbons (Fsp3) is 0.393. The summed E-state index contributed by atoms with van der Waals surface area (Å²) in [5.41, 5.74) is 4.05. The Morgan fingerprint density at radius 3 is 2.38 bits per heavy atom. The molecule has 2 aromatic heterocycles. The molecule has 3 rings (SSSR count). The van der Waals surface area contributed by atoms with Crippen LogP contribution in [0.4, 0.5) is 13.2 Å². The minimum absolute atomic E-state index is 0.0384. The smallest absolute Gasteiger partial charge is 0.349 e. The Morgan fingerprint density at radius 1 is 1.16 bits per heavy atom. The van der Waals surface area contributed by atoms with Gasteiger partial charge in [0.1, 0.15) is 15.8 Å². The van der Waals surface area contributed by atoms with Crippen molar-refractivity contribution in [1.29, 1.82) is 0 Å². The maximum atomic E-state index is 13.5. The zero-order valence-electron chi connectivity index (χ0n) is 21.5. The standard InChI is InChI=1S/C28H31ClF3N3OS/c1-6-19-15-35(25(37)13-22(19)28(30,31)32)23(10-16(2)3)27(36)33-14-21-11-20(12-24(29)34-21)26-17(4)8-7-9-18(26)5/h7-9,11-13,15-16,23H,6,10,14H2,1-5H3,(H,33,36). The van der Waals surface area contributed by atoms with E-state index >= 15 is 0 Å². The summed E-state index contributed by atoms with van der Waals surface area (Å²) in [6.07, 6.45) is -2.58. The number of amides is 1. The second-order valence-corrected chi connectivity index (χ2v) is 10.4. The number of nitrogens with one attached hydrogen (secondary N) is 1. The van der Waals surface area contributed by atoms with Gasteiger partial charge in [0, 0.05) is 6.20 Å². The summed E-state index contributed by atoms with van der Waals surface area (Å²) in [6.45, 7) is 9.70. The highest BCUT2D eigenvalue weighted by Crippen LogP contribution is 2.34. The van der Waals surface area contributed by atoms with Crippen LogP contribution < -0.4 is 5.32 Å². The number of rotatable bonds is 8. The van der Waals surface area contributed by atoms with Gasteiger partial charge in [-0.05, 0) is 78.6 Å². The van der Waals surface area contributed by atoms with Crippen molar-refractivity contribution < 1.29 is 18.0 Å². The van der Waals surface area contributed by atoms with Gasteiger partial charge in [-0.25, -0.2) is 4.98 Å². The first kappa shape index (κ1) is 28.9. The van der Waals surface area contributed by atoms with Gasteiger partial charge in [0.25, 0.3) is 0 Å². The predicted molar refractivity (Wildman–Crippen MR) is 144 cm³/mol. The van der Waals surface area contributed by atoms with Crippen molar-refractivity contribution in [3.8, 4) is 11.1 Å². The Kier molecular flexibility index (Phi) is 9.18. The molecular formula is C28H31ClF3N3OS. The van der Waals surface area contributed by atoms with Crippen molar-refractivity contribution in [1.82, 2.24) is 14.9 Å². The first-order chi connectivity index (χ1) is 17.3. The number of nitrogens with zero attached hydrogens (tertiary/aromatic N) is 2. The Bertz CT molecular complexity index is 1330. The molecule has 0 saturated heterocycles. The van der Waals surface area contributed by atoms with E-state index in [9.17, 15) is 18.0 Å². The van der Waals surface area contributed by atoms with Crippen LogP contribution in [0.25, 0.3) is 11.1 Å². The molecule has 1 N–H and O–H groups in total. The molecule has 0 aliphatic carbocycles. The third-order valence-corrected chi connectivity index (χ3v) is 6.77. The number of aromatic nitrogens is 2. The van der Waals surface area contributed by atoms with Gasteiger partial charge in [0.15, 0.2) is 0 Å². The zero-order valence-corrected chi connectivity index (χ0v) is 23.1. The summed E-state index contributed by atoms with van der Waals surface area (Å²) in [6, 6.07) is 9.89. The lowest BCUT2D eigenvalue weighted by molar-refractivity contribution is -0.138. The van der Waals surface area contributed by atoms with Crippen LogP contribution in [0.15, 0.2) is 42.6 Å². The molecule has 4 nitrogen and oxygen atoms in total. The van der Waals surface area contributed by atoms with Gasteiger partial charge in [0.2, 0.25) is 5.91 Å². The van der Waals surface area contributed by atoms with Crippen LogP contribution in [-0.2, 0) is 23.9 Å². The van der Waals surface area contributed by atoms with Crippen LogP contribution in [0.5, 0.6) is 0 Å². The average molecular weight is 550 g/mol. The summed E-state index contributed by atoms with van der Waals surface area (Å²) in [5, 5.41) is 3.20. The first-order valence-electron chi connectivity index (χ1n) is 12.1. The van der Waals surface area contributed by atoms with Gasteiger partial charge in [-0.2, -0.15) is 13.2 Å². The molecule has 0 bridgehead atoms. The lowest BCUT2D eigenvalue weighted by atomic mass is 9.96. The van der Waals surface area contributed by atoms with Crippen molar-refractivity contribution in [3.05, 3.63) is 80.3 Å². The fourth-order valence-electron chi connectivity index (χ4n) is 4.53. The minimum Gasteiger partial charge on any atom is -0.349 e. The average Bonchev–Trinajstić information content (AvgIpc) is 2.80. The molecule has 1 aromatic carbocycles. The Balaban J connectivity index is 1.92. The SMILES string of the molecule is CCc1cn(C(CC(C)C)C(=O)NCc2cc(-c3c(C)cccc3C)cc(Cl)n2)c(=S)cc1C(F)(F)F. The van der Waals surface area contributed by atoms with Crippen LogP contribution in [0.1, 0.15) is 61.2 Å². The maximum absolute atomic E-state index is 13.5. The molecule has 9 heteroatoms. The number of carbonyl (C=O) groups is 1. The van der Waals surface area contributed by atoms with E-state index in [1.807, 2.05) is 52.0 Å². The van der Waals surface area contributed by atoms with Crippen LogP contribution in [0.3, 0.4) is 0 Å². The van der Waals surface area contributed by atoms with Crippen LogP contribution in [0.2, 0.25) is 5.15 Å². The first-order valence-corrected chi connectivity index (χ1v) is 12.9. The van der Waals surface area contributed by atoms with Crippen molar-refractivity contribution in [3.63, 3.8) is 0 Å². The number of hydrogen-bond acceptors (Lipinski definition) is 3. The second-order valence-electron chi connectivity index (χ2n) is 9.61. The summed E-state index contributed by atoms with van der Waals surface area (Å²) >= 11 is 11.6. The topological polar surface area (TPSA) is 46.9 Å². The highest BCUT2D eigenvalue weighted by molar-refractivity contribution is 7.71. The summed E-state index contributed by atoms with van der Waals surface area (Å²) in [4.78, 5) is 17.7. The van der Waals surface area contributed by atoms with Gasteiger partial charge in [-0.3, -0.25) is 4.79 Å². The lowest BCUT2D eigenvalue weighted by Gasteiger charge is -2.24. The molecule has 1 unspecified atom stereocenters. The molecule has 0 saturated carbocycles. The Hall–Kier alpha value is -2.71. The van der Waals surface area contributed by atoms with E-state index in [1.54, 1.807) is 13.0 Å². The number of alkyl halides is 3. The van der Waals surface area contributed by atoms with Crippen LogP contribution in [-0.4, -0.2) is 15.5 Å². The van der Waals surface area contributed by atoms with Crippen LogP contribution >= 0.6 is 23.8 Å². The summed E-state index contributed by atoms with van der Waals surface area (Å²) in [5.74, 6) is -0.244. The largest absolute Gasteiger partial charge is 0.416 e. The summed E-state index contributed by atoms with van der Waals surface area (Å²) < 4.78 is 42.0. The summed E-state index contributed by atoms with van der Waals surface area (Å²) in [7, 11) is 0. The van der Waals surface area contributed by atoms with Crippen molar-refractivity contribution in [2.75, 3.05) is 0 Å². The zero-order chi connectivity index (χ0) is 27.5. The van der Waals surface area contributed by atoms with Gasteiger partial charge >= 0.3 is 6.18 Å². The van der Waals surface area contributed by atoms with E-state index in [0.29, 0.717) is 17.3 Å². The molecule has 1 amide bonds. The number of hydrogen-bond donors (Lipinski definition) is 1. The molecule has 0 aliphatic heterocycles. The molecule has 198 valence electrons. The maximum Gasteiger partial charge on any atom is 0.416 e. The monoisotopic (exact) mass is 549 g/mol. The normalized spacial score (nSPS) is 12.6. The molecule has 1 atom stereocenters. The molecular weight excluding hydrogens is 519 g/mol. The lowest BCUT2D eigenvalue weighted by Crippen LogP contribution is -2.34. The van der Waals surface area contributed by atoms with E-state index in [1.165, 1.54) is 10.8 Å². The third-order valence-electron chi connectivity index (χ3n) is 6.24. The van der Waals surface area contributed by atoms with Gasteiger partial charge in [-0.1, -0.05) is 62.8 Å². The van der Waals surface area contributed by atoms with E-state index in [4.69, 9.17) is 23.8 Å². The molecule has 2 heterocycles. The number of pyridine rings is 2. The predicted octanol–water partition coefficient (Wildman–Crippen LogP) is 8.03. The number of benzene rings is 1. The minimum atomic E-state index is -4.51. The highest BCUT2D eigenvalue weighted by Gasteiger charge is 2.34. The number of carbonyl (C=O) groups excluding carboxylic acids is 1. The van der Waals surface area contributed by atoms with Gasteiger partial charge < -0.3 is 9.88 Å².